The minimum atomic E-state index is 0.112. The average Bonchev–Trinajstić information content (AvgIpc) is 2.95. The fourth-order valence-corrected chi connectivity index (χ4v) is 3.03. The van der Waals surface area contributed by atoms with Crippen LogP contribution in [0.15, 0.2) is 18.2 Å². The van der Waals surface area contributed by atoms with Crippen molar-refractivity contribution < 1.29 is 4.79 Å². The number of hydrogen-bond donors (Lipinski definition) is 1. The molecule has 2 N–H and O–H groups in total. The molecule has 1 aromatic carbocycles. The van der Waals surface area contributed by atoms with Gasteiger partial charge in [-0.2, -0.15) is 0 Å². The van der Waals surface area contributed by atoms with Gasteiger partial charge in [0.15, 0.2) is 0 Å². The van der Waals surface area contributed by atoms with Crippen LogP contribution in [0.25, 0.3) is 0 Å². The van der Waals surface area contributed by atoms with Gasteiger partial charge in [0.2, 0.25) is 0 Å². The predicted molar refractivity (Wildman–Crippen MR) is 90.6 cm³/mol. The molecule has 1 saturated carbocycles. The lowest BCUT2D eigenvalue weighted by molar-refractivity contribution is 0.0687. The predicted octanol–water partition coefficient (Wildman–Crippen LogP) is 3.36. The fourth-order valence-electron chi connectivity index (χ4n) is 2.94. The first-order valence-electron chi connectivity index (χ1n) is 7.65. The van der Waals surface area contributed by atoms with E-state index in [1.54, 1.807) is 0 Å². The molecule has 1 aliphatic rings. The van der Waals surface area contributed by atoms with Crippen molar-refractivity contribution in [2.24, 2.45) is 5.73 Å². The normalized spacial score (nSPS) is 15.1. The third kappa shape index (κ3) is 4.03. The second-order valence-corrected chi connectivity index (χ2v) is 6.48. The van der Waals surface area contributed by atoms with E-state index in [-0.39, 0.29) is 5.91 Å². The van der Waals surface area contributed by atoms with Crippen LogP contribution in [0.4, 0.5) is 0 Å². The fraction of sp³-hybridized carbons (Fsp3) is 0.529. The zero-order valence-corrected chi connectivity index (χ0v) is 13.7. The molecule has 114 valence electrons. The van der Waals surface area contributed by atoms with Crippen LogP contribution in [0.1, 0.15) is 53.6 Å². The zero-order chi connectivity index (χ0) is 15.4. The average molecular weight is 304 g/mol. The molecule has 1 fully saturated rings. The first kappa shape index (κ1) is 16.0. The van der Waals surface area contributed by atoms with E-state index in [0.29, 0.717) is 24.0 Å². The van der Waals surface area contributed by atoms with Crippen LogP contribution < -0.4 is 5.73 Å². The van der Waals surface area contributed by atoms with Crippen molar-refractivity contribution in [2.45, 2.75) is 52.0 Å². The highest BCUT2D eigenvalue weighted by atomic mass is 32.1. The number of amides is 1. The van der Waals surface area contributed by atoms with Crippen LogP contribution in [-0.2, 0) is 0 Å². The standard InChI is InChI=1S/C17H24N2OS/c1-12-7-8-14(11-13(12)2)17(20)19(10-9-16(18)21)15-5-3-4-6-15/h7-8,11,15H,3-6,9-10H2,1-2H3,(H2,18,21). The van der Waals surface area contributed by atoms with Gasteiger partial charge >= 0.3 is 0 Å². The molecular formula is C17H24N2OS. The molecular weight excluding hydrogens is 280 g/mol. The lowest BCUT2D eigenvalue weighted by Crippen LogP contribution is -2.40. The van der Waals surface area contributed by atoms with E-state index < -0.39 is 0 Å². The summed E-state index contributed by atoms with van der Waals surface area (Å²) in [6.45, 7) is 4.73. The lowest BCUT2D eigenvalue weighted by Gasteiger charge is -2.29. The molecule has 0 radical (unpaired) electrons. The van der Waals surface area contributed by atoms with E-state index in [9.17, 15) is 4.79 Å². The number of carbonyl (C=O) groups excluding carboxylic acids is 1. The number of aryl methyl sites for hydroxylation is 2. The molecule has 1 amide bonds. The van der Waals surface area contributed by atoms with Crippen LogP contribution in [0.5, 0.6) is 0 Å². The Hall–Kier alpha value is -1.42. The number of rotatable bonds is 5. The number of carbonyl (C=O) groups is 1. The molecule has 0 atom stereocenters. The molecule has 0 spiro atoms. The van der Waals surface area contributed by atoms with E-state index in [1.807, 2.05) is 30.0 Å². The van der Waals surface area contributed by atoms with Gasteiger partial charge in [-0.25, -0.2) is 0 Å². The summed E-state index contributed by atoms with van der Waals surface area (Å²) >= 11 is 4.97. The molecule has 0 saturated heterocycles. The van der Waals surface area contributed by atoms with E-state index in [1.165, 1.54) is 18.4 Å². The van der Waals surface area contributed by atoms with Crippen LogP contribution in [-0.4, -0.2) is 28.4 Å². The van der Waals surface area contributed by atoms with Gasteiger partial charge in [-0.05, 0) is 49.9 Å². The molecule has 0 unspecified atom stereocenters. The first-order valence-corrected chi connectivity index (χ1v) is 8.06. The molecule has 0 bridgehead atoms. The summed E-state index contributed by atoms with van der Waals surface area (Å²) in [6, 6.07) is 6.27. The number of hydrogen-bond acceptors (Lipinski definition) is 2. The second-order valence-electron chi connectivity index (χ2n) is 5.95. The second kappa shape index (κ2) is 7.03. The van der Waals surface area contributed by atoms with Crippen LogP contribution in [0.2, 0.25) is 0 Å². The minimum Gasteiger partial charge on any atom is -0.393 e. The number of thiocarbonyl (C=S) groups is 1. The van der Waals surface area contributed by atoms with Crippen LogP contribution in [0.3, 0.4) is 0 Å². The maximum atomic E-state index is 12.8. The van der Waals surface area contributed by atoms with E-state index in [0.717, 1.165) is 24.0 Å². The van der Waals surface area contributed by atoms with E-state index >= 15 is 0 Å². The van der Waals surface area contributed by atoms with Crippen molar-refractivity contribution in [1.82, 2.24) is 4.90 Å². The third-order valence-electron chi connectivity index (χ3n) is 4.38. The first-order chi connectivity index (χ1) is 9.99. The zero-order valence-electron chi connectivity index (χ0n) is 12.9. The van der Waals surface area contributed by atoms with Crippen molar-refractivity contribution >= 4 is 23.1 Å². The summed E-state index contributed by atoms with van der Waals surface area (Å²) in [4.78, 5) is 15.3. The maximum Gasteiger partial charge on any atom is 0.254 e. The van der Waals surface area contributed by atoms with Gasteiger partial charge in [-0.15, -0.1) is 0 Å². The summed E-state index contributed by atoms with van der Waals surface area (Å²) in [5, 5.41) is 0. The van der Waals surface area contributed by atoms with Crippen molar-refractivity contribution in [3.8, 4) is 0 Å². The Bertz CT molecular complexity index is 536. The summed E-state index contributed by atoms with van der Waals surface area (Å²) in [5.41, 5.74) is 8.75. The molecule has 1 aromatic rings. The molecule has 3 nitrogen and oxygen atoms in total. The maximum absolute atomic E-state index is 12.8. The summed E-state index contributed by atoms with van der Waals surface area (Å²) in [6.07, 6.45) is 5.19. The van der Waals surface area contributed by atoms with Crippen molar-refractivity contribution in [1.29, 1.82) is 0 Å². The monoisotopic (exact) mass is 304 g/mol. The quantitative estimate of drug-likeness (QED) is 0.848. The Balaban J connectivity index is 2.19. The number of nitrogens with two attached hydrogens (primary N) is 1. The lowest BCUT2D eigenvalue weighted by atomic mass is 10.0. The van der Waals surface area contributed by atoms with Crippen LogP contribution in [0, 0.1) is 13.8 Å². The van der Waals surface area contributed by atoms with Crippen molar-refractivity contribution in [3.05, 3.63) is 34.9 Å². The van der Waals surface area contributed by atoms with Crippen molar-refractivity contribution in [2.75, 3.05) is 6.54 Å². The molecule has 0 aromatic heterocycles. The highest BCUT2D eigenvalue weighted by Crippen LogP contribution is 2.25. The van der Waals surface area contributed by atoms with Crippen molar-refractivity contribution in [3.63, 3.8) is 0 Å². The molecule has 1 aliphatic carbocycles. The molecule has 4 heteroatoms. The highest BCUT2D eigenvalue weighted by molar-refractivity contribution is 7.80. The minimum absolute atomic E-state index is 0.112. The Labute approximate surface area is 132 Å². The Morgan fingerprint density at radius 3 is 2.52 bits per heavy atom. The SMILES string of the molecule is Cc1ccc(C(=O)N(CCC(N)=S)C2CCCC2)cc1C. The Morgan fingerprint density at radius 2 is 1.95 bits per heavy atom. The summed E-state index contributed by atoms with van der Waals surface area (Å²) < 4.78 is 0. The number of benzene rings is 1. The molecule has 2 rings (SSSR count). The van der Waals surface area contributed by atoms with Gasteiger partial charge < -0.3 is 10.6 Å². The largest absolute Gasteiger partial charge is 0.393 e. The summed E-state index contributed by atoms with van der Waals surface area (Å²) in [7, 11) is 0. The topological polar surface area (TPSA) is 46.3 Å². The molecule has 0 heterocycles. The number of nitrogens with zero attached hydrogens (tertiary/aromatic N) is 1. The van der Waals surface area contributed by atoms with Gasteiger partial charge in [0.05, 0.1) is 4.99 Å². The smallest absolute Gasteiger partial charge is 0.254 e. The molecule has 0 aliphatic heterocycles. The van der Waals surface area contributed by atoms with Gasteiger partial charge in [0.1, 0.15) is 0 Å². The molecule has 21 heavy (non-hydrogen) atoms. The van der Waals surface area contributed by atoms with Gasteiger partial charge in [-0.3, -0.25) is 4.79 Å². The van der Waals surface area contributed by atoms with Gasteiger partial charge in [0.25, 0.3) is 5.91 Å². The van der Waals surface area contributed by atoms with E-state index in [4.69, 9.17) is 18.0 Å². The third-order valence-corrected chi connectivity index (χ3v) is 4.58. The Kier molecular flexibility index (Phi) is 5.34. The van der Waals surface area contributed by atoms with Crippen LogP contribution >= 0.6 is 12.2 Å². The highest BCUT2D eigenvalue weighted by Gasteiger charge is 2.27. The van der Waals surface area contributed by atoms with E-state index in [2.05, 4.69) is 6.92 Å². The van der Waals surface area contributed by atoms with Gasteiger partial charge in [-0.1, -0.05) is 31.1 Å². The Morgan fingerprint density at radius 1 is 1.29 bits per heavy atom. The van der Waals surface area contributed by atoms with Gasteiger partial charge in [0, 0.05) is 24.6 Å². The summed E-state index contributed by atoms with van der Waals surface area (Å²) in [5.74, 6) is 0.112.